The van der Waals surface area contributed by atoms with Crippen LogP contribution in [0.15, 0.2) is 10.4 Å². The van der Waals surface area contributed by atoms with Gasteiger partial charge in [0.2, 0.25) is 0 Å². The zero-order valence-electron chi connectivity index (χ0n) is 16.6. The minimum Gasteiger partial charge on any atom is -0.352 e. The van der Waals surface area contributed by atoms with Crippen LogP contribution in [-0.4, -0.2) is 48.1 Å². The van der Waals surface area contributed by atoms with Crippen molar-refractivity contribution in [3.05, 3.63) is 16.1 Å². The van der Waals surface area contributed by atoms with Gasteiger partial charge in [0.05, 0.1) is 12.2 Å². The number of nitrogens with one attached hydrogen (secondary N) is 2. The zero-order chi connectivity index (χ0) is 17.9. The molecule has 0 aromatic carbocycles. The molecule has 1 aliphatic heterocycles. The highest BCUT2D eigenvalue weighted by Gasteiger charge is 2.31. The molecule has 0 spiro atoms. The number of nitrogens with zero attached hydrogens (tertiary/aromatic N) is 3. The third-order valence-corrected chi connectivity index (χ3v) is 5.49. The summed E-state index contributed by atoms with van der Waals surface area (Å²) in [4.78, 5) is 11.6. The fourth-order valence-corrected chi connectivity index (χ4v) is 3.84. The molecule has 144 valence electrons. The first-order valence-corrected chi connectivity index (χ1v) is 9.74. The maximum atomic E-state index is 4.73. The van der Waals surface area contributed by atoms with Gasteiger partial charge in [-0.05, 0) is 19.8 Å². The van der Waals surface area contributed by atoms with Gasteiger partial charge in [-0.2, -0.15) is 0 Å². The van der Waals surface area contributed by atoms with Crippen molar-refractivity contribution in [2.24, 2.45) is 10.9 Å². The lowest BCUT2D eigenvalue weighted by Gasteiger charge is -2.21. The molecule has 2 N–H and O–H groups in total. The summed E-state index contributed by atoms with van der Waals surface area (Å²) in [7, 11) is 1.83. The second-order valence-electron chi connectivity index (χ2n) is 8.08. The lowest BCUT2D eigenvalue weighted by Crippen LogP contribution is -2.46. The molecule has 1 fully saturated rings. The molecule has 7 heteroatoms. The number of aliphatic imine (C=N–C) groups is 1. The number of hydrogen-bond donors (Lipinski definition) is 2. The van der Waals surface area contributed by atoms with Crippen LogP contribution in [0.3, 0.4) is 0 Å². The topological polar surface area (TPSA) is 52.6 Å². The van der Waals surface area contributed by atoms with Gasteiger partial charge in [0, 0.05) is 43.0 Å². The lowest BCUT2D eigenvalue weighted by molar-refractivity contribution is 0.265. The fourth-order valence-electron chi connectivity index (χ4n) is 2.88. The number of likely N-dealkylation sites (tertiary alicyclic amines) is 1. The highest BCUT2D eigenvalue weighted by atomic mass is 127. The highest BCUT2D eigenvalue weighted by molar-refractivity contribution is 14.0. The minimum atomic E-state index is 0. The fraction of sp³-hybridized carbons (Fsp3) is 0.778. The van der Waals surface area contributed by atoms with Crippen LogP contribution in [0.5, 0.6) is 0 Å². The number of thiazole rings is 1. The van der Waals surface area contributed by atoms with Crippen molar-refractivity contribution < 1.29 is 0 Å². The summed E-state index contributed by atoms with van der Waals surface area (Å²) >= 11 is 1.71. The molecular formula is C18H34IN5S. The highest BCUT2D eigenvalue weighted by Crippen LogP contribution is 2.23. The molecule has 2 atom stereocenters. The monoisotopic (exact) mass is 479 g/mol. The minimum absolute atomic E-state index is 0. The van der Waals surface area contributed by atoms with Crippen molar-refractivity contribution in [2.45, 2.75) is 65.6 Å². The normalized spacial score (nSPS) is 22.2. The number of rotatable bonds is 4. The summed E-state index contributed by atoms with van der Waals surface area (Å²) < 4.78 is 0. The molecule has 2 rings (SSSR count). The van der Waals surface area contributed by atoms with E-state index in [0.29, 0.717) is 18.0 Å². The molecule has 1 saturated heterocycles. The molecule has 0 radical (unpaired) electrons. The Kier molecular flexibility index (Phi) is 8.60. The van der Waals surface area contributed by atoms with Crippen molar-refractivity contribution >= 4 is 41.3 Å². The SMILES string of the molecule is CN=C(NCc1nc(C(C)(C)C)cs1)NC1CN(C(C)C)CC1C.I. The Morgan fingerprint density at radius 1 is 1.40 bits per heavy atom. The number of guanidine groups is 1. The molecule has 0 saturated carbocycles. The van der Waals surface area contributed by atoms with E-state index in [4.69, 9.17) is 4.98 Å². The third-order valence-electron chi connectivity index (χ3n) is 4.64. The average molecular weight is 479 g/mol. The summed E-state index contributed by atoms with van der Waals surface area (Å²) in [6.07, 6.45) is 0. The van der Waals surface area contributed by atoms with Gasteiger partial charge in [-0.3, -0.25) is 9.89 Å². The van der Waals surface area contributed by atoms with Crippen molar-refractivity contribution in [3.8, 4) is 0 Å². The number of aromatic nitrogens is 1. The van der Waals surface area contributed by atoms with Crippen LogP contribution in [-0.2, 0) is 12.0 Å². The van der Waals surface area contributed by atoms with Crippen LogP contribution in [0.2, 0.25) is 0 Å². The predicted octanol–water partition coefficient (Wildman–Crippen LogP) is 3.45. The first-order chi connectivity index (χ1) is 11.2. The molecule has 0 bridgehead atoms. The molecule has 0 amide bonds. The van der Waals surface area contributed by atoms with Gasteiger partial charge in [-0.25, -0.2) is 4.98 Å². The van der Waals surface area contributed by atoms with E-state index in [9.17, 15) is 0 Å². The molecule has 1 aromatic heterocycles. The second kappa shape index (κ2) is 9.50. The Labute approximate surface area is 174 Å². The smallest absolute Gasteiger partial charge is 0.191 e. The lowest BCUT2D eigenvalue weighted by atomic mass is 9.93. The Balaban J connectivity index is 0.00000312. The van der Waals surface area contributed by atoms with E-state index in [1.165, 1.54) is 0 Å². The quantitative estimate of drug-likeness (QED) is 0.395. The van der Waals surface area contributed by atoms with Crippen molar-refractivity contribution in [2.75, 3.05) is 20.1 Å². The molecule has 25 heavy (non-hydrogen) atoms. The van der Waals surface area contributed by atoms with E-state index in [1.807, 2.05) is 7.05 Å². The van der Waals surface area contributed by atoms with Crippen LogP contribution in [0, 0.1) is 5.92 Å². The van der Waals surface area contributed by atoms with Crippen LogP contribution in [0.1, 0.15) is 52.2 Å². The Morgan fingerprint density at radius 2 is 2.08 bits per heavy atom. The first-order valence-electron chi connectivity index (χ1n) is 8.86. The maximum absolute atomic E-state index is 4.73. The van der Waals surface area contributed by atoms with Gasteiger partial charge in [-0.15, -0.1) is 35.3 Å². The summed E-state index contributed by atoms with van der Waals surface area (Å²) in [5, 5.41) is 10.3. The second-order valence-corrected chi connectivity index (χ2v) is 9.02. The van der Waals surface area contributed by atoms with Gasteiger partial charge >= 0.3 is 0 Å². The molecule has 2 unspecified atom stereocenters. The predicted molar refractivity (Wildman–Crippen MR) is 119 cm³/mol. The third kappa shape index (κ3) is 6.36. The summed E-state index contributed by atoms with van der Waals surface area (Å²) in [5.74, 6) is 1.49. The molecule has 0 aliphatic carbocycles. The Morgan fingerprint density at radius 3 is 2.56 bits per heavy atom. The van der Waals surface area contributed by atoms with Crippen LogP contribution in [0.25, 0.3) is 0 Å². The van der Waals surface area contributed by atoms with Gasteiger partial charge in [-0.1, -0.05) is 27.7 Å². The molecule has 1 aliphatic rings. The Bertz CT molecular complexity index is 564. The molecule has 1 aromatic rings. The van der Waals surface area contributed by atoms with E-state index in [0.717, 1.165) is 36.3 Å². The average Bonchev–Trinajstić information content (AvgIpc) is 3.10. The van der Waals surface area contributed by atoms with E-state index in [1.54, 1.807) is 11.3 Å². The van der Waals surface area contributed by atoms with Crippen LogP contribution >= 0.6 is 35.3 Å². The largest absolute Gasteiger partial charge is 0.352 e. The molecule has 5 nitrogen and oxygen atoms in total. The van der Waals surface area contributed by atoms with Crippen LogP contribution in [0.4, 0.5) is 0 Å². The zero-order valence-corrected chi connectivity index (χ0v) is 19.7. The van der Waals surface area contributed by atoms with Crippen molar-refractivity contribution in [1.29, 1.82) is 0 Å². The summed E-state index contributed by atoms with van der Waals surface area (Å²) in [5.41, 5.74) is 1.26. The van der Waals surface area contributed by atoms with E-state index in [-0.39, 0.29) is 29.4 Å². The summed E-state index contributed by atoms with van der Waals surface area (Å²) in [6, 6.07) is 1.04. The molecule has 2 heterocycles. The van der Waals surface area contributed by atoms with Crippen LogP contribution < -0.4 is 10.6 Å². The van der Waals surface area contributed by atoms with Gasteiger partial charge in [0.1, 0.15) is 5.01 Å². The number of halogens is 1. The van der Waals surface area contributed by atoms with Crippen molar-refractivity contribution in [3.63, 3.8) is 0 Å². The molecular weight excluding hydrogens is 445 g/mol. The Hall–Kier alpha value is -0.410. The first kappa shape index (κ1) is 22.6. The summed E-state index contributed by atoms with van der Waals surface area (Å²) in [6.45, 7) is 16.4. The maximum Gasteiger partial charge on any atom is 0.191 e. The van der Waals surface area contributed by atoms with E-state index >= 15 is 0 Å². The van der Waals surface area contributed by atoms with Gasteiger partial charge in [0.15, 0.2) is 5.96 Å². The van der Waals surface area contributed by atoms with E-state index in [2.05, 4.69) is 67.4 Å². The van der Waals surface area contributed by atoms with Gasteiger partial charge in [0.25, 0.3) is 0 Å². The van der Waals surface area contributed by atoms with Gasteiger partial charge < -0.3 is 10.6 Å². The standard InChI is InChI=1S/C18H33N5S.HI/c1-12(2)23-9-13(3)14(10-23)21-17(19-7)20-8-16-22-15(11-24-16)18(4,5)6;/h11-14H,8-10H2,1-7H3,(H2,19,20,21);1H. The number of hydrogen-bond acceptors (Lipinski definition) is 4. The van der Waals surface area contributed by atoms with E-state index < -0.39 is 0 Å². The van der Waals surface area contributed by atoms with Crippen molar-refractivity contribution in [1.82, 2.24) is 20.5 Å².